The van der Waals surface area contributed by atoms with Crippen molar-refractivity contribution in [1.82, 2.24) is 10.2 Å². The van der Waals surface area contributed by atoms with E-state index in [1.807, 2.05) is 23.6 Å². The number of hydrogen-bond donors (Lipinski definition) is 1. The molecule has 0 aliphatic carbocycles. The number of carbonyl (C=O) groups excluding carboxylic acids is 2. The molecule has 1 aromatic carbocycles. The van der Waals surface area contributed by atoms with Crippen molar-refractivity contribution < 1.29 is 14.0 Å². The Kier molecular flexibility index (Phi) is 4.97. The summed E-state index contributed by atoms with van der Waals surface area (Å²) < 4.78 is 13.2. The third-order valence-corrected chi connectivity index (χ3v) is 5.71. The van der Waals surface area contributed by atoms with Gasteiger partial charge >= 0.3 is 0 Å². The van der Waals surface area contributed by atoms with E-state index in [1.54, 1.807) is 12.1 Å². The summed E-state index contributed by atoms with van der Waals surface area (Å²) in [4.78, 5) is 29.1. The van der Waals surface area contributed by atoms with Gasteiger partial charge in [-0.05, 0) is 49.9 Å². The summed E-state index contributed by atoms with van der Waals surface area (Å²) in [5.74, 6) is -0.0143. The molecular formula is C19H26FN3O2. The number of hydrogen-bond acceptors (Lipinski definition) is 3. The van der Waals surface area contributed by atoms with Crippen molar-refractivity contribution >= 4 is 17.5 Å². The SMILES string of the molecule is CCC(CC)C(=O)N1CCC2(CC1)C(=O)NCN2c1ccc(F)cc1. The van der Waals surface area contributed by atoms with E-state index in [0.717, 1.165) is 18.5 Å². The minimum absolute atomic E-state index is 0.00598. The fourth-order valence-electron chi connectivity index (χ4n) is 4.04. The van der Waals surface area contributed by atoms with Gasteiger partial charge in [0.1, 0.15) is 11.4 Å². The Morgan fingerprint density at radius 2 is 1.80 bits per heavy atom. The van der Waals surface area contributed by atoms with Crippen LogP contribution < -0.4 is 10.2 Å². The average Bonchev–Trinajstić information content (AvgIpc) is 2.94. The zero-order chi connectivity index (χ0) is 18.0. The van der Waals surface area contributed by atoms with E-state index in [-0.39, 0.29) is 23.5 Å². The van der Waals surface area contributed by atoms with Gasteiger partial charge in [0, 0.05) is 24.7 Å². The van der Waals surface area contributed by atoms with Gasteiger partial charge in [-0.1, -0.05) is 13.8 Å². The van der Waals surface area contributed by atoms with E-state index in [9.17, 15) is 14.0 Å². The number of piperidine rings is 1. The van der Waals surface area contributed by atoms with Crippen molar-refractivity contribution in [3.63, 3.8) is 0 Å². The van der Waals surface area contributed by atoms with E-state index in [0.29, 0.717) is 32.6 Å². The molecule has 2 heterocycles. The predicted molar refractivity (Wildman–Crippen MR) is 94.5 cm³/mol. The lowest BCUT2D eigenvalue weighted by molar-refractivity contribution is -0.139. The van der Waals surface area contributed by atoms with Crippen LogP contribution in [0.1, 0.15) is 39.5 Å². The molecule has 2 amide bonds. The molecule has 0 saturated carbocycles. The van der Waals surface area contributed by atoms with Crippen molar-refractivity contribution in [3.8, 4) is 0 Å². The van der Waals surface area contributed by atoms with Crippen molar-refractivity contribution in [2.24, 2.45) is 5.92 Å². The highest BCUT2D eigenvalue weighted by Gasteiger charge is 2.51. The molecule has 136 valence electrons. The van der Waals surface area contributed by atoms with Crippen molar-refractivity contribution in [1.29, 1.82) is 0 Å². The first kappa shape index (κ1) is 17.7. The molecule has 0 aromatic heterocycles. The van der Waals surface area contributed by atoms with E-state index in [4.69, 9.17) is 0 Å². The molecule has 0 atom stereocenters. The molecule has 2 fully saturated rings. The maximum Gasteiger partial charge on any atom is 0.247 e. The Balaban J connectivity index is 1.76. The summed E-state index contributed by atoms with van der Waals surface area (Å²) in [6.45, 7) is 5.67. The Morgan fingerprint density at radius 3 is 2.36 bits per heavy atom. The monoisotopic (exact) mass is 347 g/mol. The standard InChI is InChI=1S/C19H26FN3O2/c1-3-14(4-2)17(24)22-11-9-19(10-12-22)18(25)21-13-23(19)16-7-5-15(20)6-8-16/h5-8,14H,3-4,9-13H2,1-2H3,(H,21,25). The van der Waals surface area contributed by atoms with Crippen molar-refractivity contribution in [3.05, 3.63) is 30.1 Å². The molecule has 25 heavy (non-hydrogen) atoms. The summed E-state index contributed by atoms with van der Waals surface area (Å²) in [6.07, 6.45) is 2.89. The van der Waals surface area contributed by atoms with E-state index >= 15 is 0 Å². The first-order valence-electron chi connectivity index (χ1n) is 9.12. The topological polar surface area (TPSA) is 52.7 Å². The summed E-state index contributed by atoms with van der Waals surface area (Å²) in [7, 11) is 0. The van der Waals surface area contributed by atoms with E-state index in [1.165, 1.54) is 12.1 Å². The lowest BCUT2D eigenvalue weighted by atomic mass is 9.85. The predicted octanol–water partition coefficient (Wildman–Crippen LogP) is 2.52. The van der Waals surface area contributed by atoms with Crippen LogP contribution in [0.4, 0.5) is 10.1 Å². The fourth-order valence-corrected chi connectivity index (χ4v) is 4.04. The highest BCUT2D eigenvalue weighted by atomic mass is 19.1. The smallest absolute Gasteiger partial charge is 0.247 e. The Labute approximate surface area is 148 Å². The lowest BCUT2D eigenvalue weighted by Gasteiger charge is -2.44. The van der Waals surface area contributed by atoms with Gasteiger partial charge in [-0.25, -0.2) is 4.39 Å². The number of carbonyl (C=O) groups is 2. The maximum absolute atomic E-state index is 13.2. The zero-order valence-electron chi connectivity index (χ0n) is 14.9. The van der Waals surface area contributed by atoms with Crippen LogP contribution in [0.25, 0.3) is 0 Å². The van der Waals surface area contributed by atoms with Crippen molar-refractivity contribution in [2.45, 2.75) is 45.1 Å². The van der Waals surface area contributed by atoms with Crippen LogP contribution in [0, 0.1) is 11.7 Å². The molecule has 0 unspecified atom stereocenters. The molecular weight excluding hydrogens is 321 g/mol. The molecule has 2 aliphatic heterocycles. The van der Waals surface area contributed by atoms with Gasteiger partial charge in [-0.3, -0.25) is 9.59 Å². The van der Waals surface area contributed by atoms with Crippen LogP contribution in [0.2, 0.25) is 0 Å². The summed E-state index contributed by atoms with van der Waals surface area (Å²) in [5.41, 5.74) is 0.197. The van der Waals surface area contributed by atoms with Gasteiger partial charge in [0.2, 0.25) is 11.8 Å². The van der Waals surface area contributed by atoms with Gasteiger partial charge in [-0.15, -0.1) is 0 Å². The second-order valence-corrected chi connectivity index (χ2v) is 6.94. The number of anilines is 1. The molecule has 0 radical (unpaired) electrons. The minimum atomic E-state index is -0.636. The molecule has 1 aromatic rings. The molecule has 0 bridgehead atoms. The Hall–Kier alpha value is -2.11. The maximum atomic E-state index is 13.2. The van der Waals surface area contributed by atoms with Gasteiger partial charge in [-0.2, -0.15) is 0 Å². The number of nitrogens with zero attached hydrogens (tertiary/aromatic N) is 2. The van der Waals surface area contributed by atoms with Crippen LogP contribution in [0.3, 0.4) is 0 Å². The molecule has 3 rings (SSSR count). The molecule has 1 N–H and O–H groups in total. The minimum Gasteiger partial charge on any atom is -0.342 e. The average molecular weight is 347 g/mol. The van der Waals surface area contributed by atoms with Crippen LogP contribution in [0.5, 0.6) is 0 Å². The number of rotatable bonds is 4. The van der Waals surface area contributed by atoms with Crippen LogP contribution >= 0.6 is 0 Å². The molecule has 2 saturated heterocycles. The van der Waals surface area contributed by atoms with Crippen LogP contribution in [0.15, 0.2) is 24.3 Å². The zero-order valence-corrected chi connectivity index (χ0v) is 14.9. The lowest BCUT2D eigenvalue weighted by Crippen LogP contribution is -2.57. The third-order valence-electron chi connectivity index (χ3n) is 5.71. The molecule has 2 aliphatic rings. The Morgan fingerprint density at radius 1 is 1.20 bits per heavy atom. The van der Waals surface area contributed by atoms with E-state index < -0.39 is 5.54 Å². The highest BCUT2D eigenvalue weighted by Crippen LogP contribution is 2.36. The third kappa shape index (κ3) is 3.10. The number of benzene rings is 1. The second-order valence-electron chi connectivity index (χ2n) is 6.94. The number of nitrogens with one attached hydrogen (secondary N) is 1. The van der Waals surface area contributed by atoms with Crippen LogP contribution in [-0.4, -0.2) is 42.0 Å². The Bertz CT molecular complexity index is 635. The van der Waals surface area contributed by atoms with Crippen LogP contribution in [-0.2, 0) is 9.59 Å². The summed E-state index contributed by atoms with van der Waals surface area (Å²) >= 11 is 0. The summed E-state index contributed by atoms with van der Waals surface area (Å²) in [5, 5.41) is 2.92. The van der Waals surface area contributed by atoms with E-state index in [2.05, 4.69) is 5.32 Å². The summed E-state index contributed by atoms with van der Waals surface area (Å²) in [6, 6.07) is 6.24. The molecule has 5 nitrogen and oxygen atoms in total. The second kappa shape index (κ2) is 7.02. The van der Waals surface area contributed by atoms with Gasteiger partial charge in [0.25, 0.3) is 0 Å². The molecule has 1 spiro atoms. The quantitative estimate of drug-likeness (QED) is 0.911. The first-order chi connectivity index (χ1) is 12.0. The molecule has 6 heteroatoms. The van der Waals surface area contributed by atoms with Gasteiger partial charge in [0.05, 0.1) is 6.67 Å². The van der Waals surface area contributed by atoms with Crippen molar-refractivity contribution in [2.75, 3.05) is 24.7 Å². The van der Waals surface area contributed by atoms with Gasteiger partial charge in [0.15, 0.2) is 0 Å². The first-order valence-corrected chi connectivity index (χ1v) is 9.12. The fraction of sp³-hybridized carbons (Fsp3) is 0.579. The largest absolute Gasteiger partial charge is 0.342 e. The van der Waals surface area contributed by atoms with Gasteiger partial charge < -0.3 is 15.1 Å². The highest BCUT2D eigenvalue weighted by molar-refractivity contribution is 5.93. The number of amides is 2. The normalized spacial score (nSPS) is 19.6. The number of halogens is 1. The number of likely N-dealkylation sites (tertiary alicyclic amines) is 1.